The number of ketones is 1. The van der Waals surface area contributed by atoms with Gasteiger partial charge in [-0.05, 0) is 29.8 Å². The molecule has 0 radical (unpaired) electrons. The zero-order chi connectivity index (χ0) is 18.6. The van der Waals surface area contributed by atoms with Gasteiger partial charge in [0, 0.05) is 15.6 Å². The van der Waals surface area contributed by atoms with Gasteiger partial charge in [-0.15, -0.1) is 5.10 Å². The van der Waals surface area contributed by atoms with E-state index in [0.717, 1.165) is 15.6 Å². The summed E-state index contributed by atoms with van der Waals surface area (Å²) in [6.07, 6.45) is 0. The molecule has 4 rings (SSSR count). The molecule has 4 nitrogen and oxygen atoms in total. The number of aromatic nitrogens is 3. The average molecular weight is 418 g/mol. The van der Waals surface area contributed by atoms with E-state index in [1.165, 1.54) is 0 Å². The largest absolute Gasteiger partial charge is 0.287 e. The fourth-order valence-corrected chi connectivity index (χ4v) is 3.20. The Morgan fingerprint density at radius 2 is 1.48 bits per heavy atom. The maximum absolute atomic E-state index is 13.3. The van der Waals surface area contributed by atoms with Gasteiger partial charge in [0.1, 0.15) is 11.4 Å². The molecule has 5 heteroatoms. The highest BCUT2D eigenvalue weighted by molar-refractivity contribution is 9.10. The topological polar surface area (TPSA) is 47.8 Å². The van der Waals surface area contributed by atoms with Crippen LogP contribution in [0.1, 0.15) is 21.6 Å². The molecule has 0 saturated carbocycles. The molecular weight excluding hydrogens is 402 g/mol. The summed E-state index contributed by atoms with van der Waals surface area (Å²) in [6, 6.07) is 27.0. The molecule has 4 aromatic rings. The van der Waals surface area contributed by atoms with Gasteiger partial charge >= 0.3 is 0 Å². The Balaban J connectivity index is 1.81. The molecule has 0 spiro atoms. The van der Waals surface area contributed by atoms with Gasteiger partial charge in [0.25, 0.3) is 0 Å². The fourth-order valence-electron chi connectivity index (χ4n) is 2.93. The number of hydrogen-bond donors (Lipinski definition) is 0. The number of hydrogen-bond acceptors (Lipinski definition) is 3. The van der Waals surface area contributed by atoms with Crippen LogP contribution in [0.5, 0.6) is 0 Å². The second-order valence-corrected chi connectivity index (χ2v) is 7.05. The maximum Gasteiger partial charge on any atom is 0.213 e. The van der Waals surface area contributed by atoms with Crippen molar-refractivity contribution < 1.29 is 4.79 Å². The summed E-state index contributed by atoms with van der Waals surface area (Å²) in [4.78, 5) is 13.3. The first kappa shape index (κ1) is 17.4. The van der Waals surface area contributed by atoms with Gasteiger partial charge in [-0.1, -0.05) is 81.8 Å². The minimum Gasteiger partial charge on any atom is -0.287 e. The molecule has 0 saturated heterocycles. The van der Waals surface area contributed by atoms with Crippen LogP contribution in [0, 0.1) is 0 Å². The Labute approximate surface area is 165 Å². The number of halogens is 1. The van der Waals surface area contributed by atoms with Crippen LogP contribution in [-0.2, 0) is 6.54 Å². The molecule has 0 aliphatic rings. The van der Waals surface area contributed by atoms with Crippen molar-refractivity contribution in [3.8, 4) is 11.3 Å². The third-order valence-electron chi connectivity index (χ3n) is 4.28. The lowest BCUT2D eigenvalue weighted by atomic mass is 10.0. The Morgan fingerprint density at radius 3 is 2.15 bits per heavy atom. The van der Waals surface area contributed by atoms with Crippen LogP contribution in [0.15, 0.2) is 89.4 Å². The second kappa shape index (κ2) is 7.68. The summed E-state index contributed by atoms with van der Waals surface area (Å²) in [5.74, 6) is -0.0951. The van der Waals surface area contributed by atoms with Crippen LogP contribution in [0.25, 0.3) is 11.3 Å². The van der Waals surface area contributed by atoms with Crippen molar-refractivity contribution in [1.29, 1.82) is 0 Å². The highest BCUT2D eigenvalue weighted by atomic mass is 79.9. The van der Waals surface area contributed by atoms with Crippen molar-refractivity contribution in [3.63, 3.8) is 0 Å². The van der Waals surface area contributed by atoms with Crippen molar-refractivity contribution >= 4 is 21.7 Å². The van der Waals surface area contributed by atoms with E-state index in [-0.39, 0.29) is 5.78 Å². The minimum atomic E-state index is -0.0951. The van der Waals surface area contributed by atoms with Crippen LogP contribution in [0.2, 0.25) is 0 Å². The SMILES string of the molecule is O=C(c1ccc(Br)cc1)c1c(-c2ccccc2)nnn1Cc1ccccc1. The lowest BCUT2D eigenvalue weighted by Crippen LogP contribution is -2.13. The highest BCUT2D eigenvalue weighted by Crippen LogP contribution is 2.24. The van der Waals surface area contributed by atoms with Gasteiger partial charge in [-0.3, -0.25) is 4.79 Å². The molecule has 0 N–H and O–H groups in total. The zero-order valence-corrected chi connectivity index (χ0v) is 16.0. The summed E-state index contributed by atoms with van der Waals surface area (Å²) in [6.45, 7) is 0.484. The monoisotopic (exact) mass is 417 g/mol. The smallest absolute Gasteiger partial charge is 0.213 e. The Bertz CT molecular complexity index is 1060. The lowest BCUT2D eigenvalue weighted by molar-refractivity contribution is 0.103. The first-order chi connectivity index (χ1) is 13.2. The maximum atomic E-state index is 13.3. The second-order valence-electron chi connectivity index (χ2n) is 6.13. The summed E-state index contributed by atoms with van der Waals surface area (Å²) in [7, 11) is 0. The third-order valence-corrected chi connectivity index (χ3v) is 4.81. The van der Waals surface area contributed by atoms with E-state index in [2.05, 4.69) is 26.2 Å². The van der Waals surface area contributed by atoms with Gasteiger partial charge in [0.05, 0.1) is 6.54 Å². The van der Waals surface area contributed by atoms with Crippen molar-refractivity contribution in [2.45, 2.75) is 6.54 Å². The van der Waals surface area contributed by atoms with Crippen molar-refractivity contribution in [1.82, 2.24) is 15.0 Å². The first-order valence-corrected chi connectivity index (χ1v) is 9.35. The summed E-state index contributed by atoms with van der Waals surface area (Å²) >= 11 is 3.41. The standard InChI is InChI=1S/C22H16BrN3O/c23-19-13-11-18(12-14-19)22(27)21-20(17-9-5-2-6-10-17)24-25-26(21)15-16-7-3-1-4-8-16/h1-14H,15H2. The predicted octanol–water partition coefficient (Wildman–Crippen LogP) is 4.99. The van der Waals surface area contributed by atoms with E-state index in [1.807, 2.05) is 72.8 Å². The number of carbonyl (C=O) groups is 1. The molecule has 3 aromatic carbocycles. The van der Waals surface area contributed by atoms with Gasteiger partial charge in [0.2, 0.25) is 5.78 Å². The Kier molecular flexibility index (Phi) is 4.94. The number of rotatable bonds is 5. The molecule has 0 aliphatic carbocycles. The molecule has 0 bridgehead atoms. The summed E-state index contributed by atoms with van der Waals surface area (Å²) in [5.41, 5.74) is 3.63. The molecule has 0 aliphatic heterocycles. The van der Waals surface area contributed by atoms with Crippen LogP contribution < -0.4 is 0 Å². The first-order valence-electron chi connectivity index (χ1n) is 8.55. The van der Waals surface area contributed by atoms with E-state index in [0.29, 0.717) is 23.5 Å². The van der Waals surface area contributed by atoms with Crippen LogP contribution in [0.4, 0.5) is 0 Å². The predicted molar refractivity (Wildman–Crippen MR) is 109 cm³/mol. The van der Waals surface area contributed by atoms with Crippen LogP contribution >= 0.6 is 15.9 Å². The van der Waals surface area contributed by atoms with E-state index >= 15 is 0 Å². The number of benzene rings is 3. The molecular formula is C22H16BrN3O. The molecule has 0 amide bonds. The number of nitrogens with zero attached hydrogens (tertiary/aromatic N) is 3. The van der Waals surface area contributed by atoms with Gasteiger partial charge in [-0.25, -0.2) is 4.68 Å². The van der Waals surface area contributed by atoms with E-state index < -0.39 is 0 Å². The van der Waals surface area contributed by atoms with Crippen LogP contribution in [-0.4, -0.2) is 20.8 Å². The molecule has 0 unspecified atom stereocenters. The fraction of sp³-hybridized carbons (Fsp3) is 0.0455. The van der Waals surface area contributed by atoms with Crippen molar-refractivity contribution in [3.05, 3.63) is 106 Å². The molecule has 132 valence electrons. The Morgan fingerprint density at radius 1 is 0.852 bits per heavy atom. The molecule has 1 aromatic heterocycles. The van der Waals surface area contributed by atoms with Crippen molar-refractivity contribution in [2.24, 2.45) is 0 Å². The van der Waals surface area contributed by atoms with Crippen LogP contribution in [0.3, 0.4) is 0 Å². The zero-order valence-electron chi connectivity index (χ0n) is 14.4. The van der Waals surface area contributed by atoms with Gasteiger partial charge < -0.3 is 0 Å². The lowest BCUT2D eigenvalue weighted by Gasteiger charge is -2.08. The molecule has 1 heterocycles. The van der Waals surface area contributed by atoms with E-state index in [9.17, 15) is 4.79 Å². The highest BCUT2D eigenvalue weighted by Gasteiger charge is 2.23. The summed E-state index contributed by atoms with van der Waals surface area (Å²) < 4.78 is 2.61. The molecule has 0 fully saturated rings. The number of carbonyl (C=O) groups excluding carboxylic acids is 1. The average Bonchev–Trinajstić information content (AvgIpc) is 3.13. The molecule has 27 heavy (non-hydrogen) atoms. The quantitative estimate of drug-likeness (QED) is 0.429. The normalized spacial score (nSPS) is 10.7. The Hall–Kier alpha value is -3.05. The van der Waals surface area contributed by atoms with E-state index in [4.69, 9.17) is 0 Å². The van der Waals surface area contributed by atoms with Crippen molar-refractivity contribution in [2.75, 3.05) is 0 Å². The third kappa shape index (κ3) is 3.73. The van der Waals surface area contributed by atoms with Gasteiger partial charge in [0.15, 0.2) is 0 Å². The molecule has 0 atom stereocenters. The summed E-state index contributed by atoms with van der Waals surface area (Å²) in [5, 5.41) is 8.62. The minimum absolute atomic E-state index is 0.0951. The van der Waals surface area contributed by atoms with E-state index in [1.54, 1.807) is 16.8 Å². The van der Waals surface area contributed by atoms with Gasteiger partial charge in [-0.2, -0.15) is 0 Å².